The highest BCUT2D eigenvalue weighted by Crippen LogP contribution is 2.20. The van der Waals surface area contributed by atoms with Crippen molar-refractivity contribution in [1.29, 1.82) is 0 Å². The molecule has 1 fully saturated rings. The van der Waals surface area contributed by atoms with E-state index in [0.717, 1.165) is 5.56 Å². The zero-order valence-electron chi connectivity index (χ0n) is 12.3. The molecule has 0 spiro atoms. The summed E-state index contributed by atoms with van der Waals surface area (Å²) in [6, 6.07) is 5.05. The fourth-order valence-corrected chi connectivity index (χ4v) is 2.55. The molecule has 3 amide bonds. The Balaban J connectivity index is 1.94. The standard InChI is InChI=1S/C15H18ClN3O3/c1-9-2-3-11(8-12(9)16)18-14(21)15(22)19-6-4-10(5-7-19)13(17)20/h2-3,8,10H,4-7H2,1H3,(H2,17,20)(H,18,21). The Kier molecular flexibility index (Phi) is 5.03. The summed E-state index contributed by atoms with van der Waals surface area (Å²) in [7, 11) is 0. The fourth-order valence-electron chi connectivity index (χ4n) is 2.37. The molecule has 1 heterocycles. The number of carbonyl (C=O) groups is 3. The predicted molar refractivity (Wildman–Crippen MR) is 83.3 cm³/mol. The molecule has 0 atom stereocenters. The van der Waals surface area contributed by atoms with Crippen LogP contribution >= 0.6 is 11.6 Å². The molecule has 6 nitrogen and oxygen atoms in total. The number of hydrogen-bond acceptors (Lipinski definition) is 3. The van der Waals surface area contributed by atoms with E-state index >= 15 is 0 Å². The second-order valence-corrected chi connectivity index (χ2v) is 5.79. The molecule has 7 heteroatoms. The molecule has 1 aromatic carbocycles. The number of amides is 3. The molecule has 3 N–H and O–H groups in total. The minimum Gasteiger partial charge on any atom is -0.369 e. The third-order valence-electron chi connectivity index (χ3n) is 3.81. The molecule has 0 aromatic heterocycles. The zero-order valence-corrected chi connectivity index (χ0v) is 13.0. The minimum atomic E-state index is -0.711. The second-order valence-electron chi connectivity index (χ2n) is 5.39. The van der Waals surface area contributed by atoms with Gasteiger partial charge in [0.05, 0.1) is 0 Å². The van der Waals surface area contributed by atoms with Gasteiger partial charge in [-0.05, 0) is 37.5 Å². The monoisotopic (exact) mass is 323 g/mol. The van der Waals surface area contributed by atoms with Crippen molar-refractivity contribution in [2.75, 3.05) is 18.4 Å². The average Bonchev–Trinajstić information content (AvgIpc) is 2.50. The second kappa shape index (κ2) is 6.79. The lowest BCUT2D eigenvalue weighted by Crippen LogP contribution is -2.46. The third-order valence-corrected chi connectivity index (χ3v) is 4.22. The molecule has 1 saturated heterocycles. The number of primary amides is 1. The average molecular weight is 324 g/mol. The molecule has 1 aromatic rings. The number of likely N-dealkylation sites (tertiary alicyclic amines) is 1. The van der Waals surface area contributed by atoms with E-state index in [1.54, 1.807) is 18.2 Å². The highest BCUT2D eigenvalue weighted by molar-refractivity contribution is 6.39. The number of aryl methyl sites for hydroxylation is 1. The van der Waals surface area contributed by atoms with Crippen LogP contribution in [0.4, 0.5) is 5.69 Å². The number of nitrogens with one attached hydrogen (secondary N) is 1. The van der Waals surface area contributed by atoms with Crippen LogP contribution in [0.2, 0.25) is 5.02 Å². The number of anilines is 1. The molecular formula is C15H18ClN3O3. The van der Waals surface area contributed by atoms with Crippen molar-refractivity contribution < 1.29 is 14.4 Å². The van der Waals surface area contributed by atoms with Gasteiger partial charge in [0.25, 0.3) is 0 Å². The first kappa shape index (κ1) is 16.3. The summed E-state index contributed by atoms with van der Waals surface area (Å²) >= 11 is 5.98. The number of rotatable bonds is 2. The van der Waals surface area contributed by atoms with E-state index in [1.807, 2.05) is 6.92 Å². The maximum Gasteiger partial charge on any atom is 0.313 e. The van der Waals surface area contributed by atoms with Gasteiger partial charge >= 0.3 is 11.8 Å². The Morgan fingerprint density at radius 1 is 1.27 bits per heavy atom. The van der Waals surface area contributed by atoms with Crippen LogP contribution < -0.4 is 11.1 Å². The van der Waals surface area contributed by atoms with Crippen molar-refractivity contribution in [3.8, 4) is 0 Å². The fraction of sp³-hybridized carbons (Fsp3) is 0.400. The lowest BCUT2D eigenvalue weighted by atomic mass is 9.96. The van der Waals surface area contributed by atoms with E-state index in [1.165, 1.54) is 4.90 Å². The van der Waals surface area contributed by atoms with E-state index < -0.39 is 11.8 Å². The molecule has 1 aliphatic heterocycles. The van der Waals surface area contributed by atoms with Crippen LogP contribution in [-0.2, 0) is 14.4 Å². The van der Waals surface area contributed by atoms with Crippen molar-refractivity contribution in [1.82, 2.24) is 4.90 Å². The van der Waals surface area contributed by atoms with E-state index in [-0.39, 0.29) is 11.8 Å². The Hall–Kier alpha value is -2.08. The van der Waals surface area contributed by atoms with Gasteiger partial charge in [0, 0.05) is 29.7 Å². The molecule has 0 radical (unpaired) electrons. The molecule has 0 bridgehead atoms. The van der Waals surface area contributed by atoms with Crippen LogP contribution in [0.3, 0.4) is 0 Å². The van der Waals surface area contributed by atoms with Gasteiger partial charge in [0.1, 0.15) is 0 Å². The number of nitrogens with zero attached hydrogens (tertiary/aromatic N) is 1. The van der Waals surface area contributed by atoms with Crippen LogP contribution in [0.15, 0.2) is 18.2 Å². The number of hydrogen-bond donors (Lipinski definition) is 2. The smallest absolute Gasteiger partial charge is 0.313 e. The van der Waals surface area contributed by atoms with Gasteiger partial charge in [0.2, 0.25) is 5.91 Å². The molecule has 0 saturated carbocycles. The first-order valence-corrected chi connectivity index (χ1v) is 7.42. The minimum absolute atomic E-state index is 0.219. The summed E-state index contributed by atoms with van der Waals surface area (Å²) in [5.41, 5.74) is 6.60. The van der Waals surface area contributed by atoms with E-state index in [9.17, 15) is 14.4 Å². The van der Waals surface area contributed by atoms with E-state index in [2.05, 4.69) is 5.32 Å². The first-order valence-electron chi connectivity index (χ1n) is 7.04. The summed E-state index contributed by atoms with van der Waals surface area (Å²) in [6.45, 7) is 2.56. The van der Waals surface area contributed by atoms with Crippen molar-refractivity contribution >= 4 is 35.0 Å². The predicted octanol–water partition coefficient (Wildman–Crippen LogP) is 1.31. The molecule has 2 rings (SSSR count). The molecule has 1 aliphatic rings. The number of piperidine rings is 1. The van der Waals surface area contributed by atoms with Crippen LogP contribution in [0, 0.1) is 12.8 Å². The lowest BCUT2D eigenvalue weighted by Gasteiger charge is -2.29. The highest BCUT2D eigenvalue weighted by Gasteiger charge is 2.29. The number of nitrogens with two attached hydrogens (primary N) is 1. The Bertz CT molecular complexity index is 610. The Labute approximate surface area is 133 Å². The van der Waals surface area contributed by atoms with Gasteiger partial charge < -0.3 is 16.0 Å². The van der Waals surface area contributed by atoms with Crippen molar-refractivity contribution in [3.63, 3.8) is 0 Å². The molecule has 118 valence electrons. The van der Waals surface area contributed by atoms with Crippen LogP contribution in [0.25, 0.3) is 0 Å². The zero-order chi connectivity index (χ0) is 16.3. The van der Waals surface area contributed by atoms with E-state index in [4.69, 9.17) is 17.3 Å². The molecule has 0 unspecified atom stereocenters. The molecule has 0 aliphatic carbocycles. The van der Waals surface area contributed by atoms with Gasteiger partial charge in [-0.25, -0.2) is 0 Å². The van der Waals surface area contributed by atoms with Gasteiger partial charge in [-0.1, -0.05) is 17.7 Å². The normalized spacial score (nSPS) is 15.5. The van der Waals surface area contributed by atoms with Crippen LogP contribution in [-0.4, -0.2) is 35.7 Å². The summed E-state index contributed by atoms with van der Waals surface area (Å²) < 4.78 is 0. The Morgan fingerprint density at radius 3 is 2.45 bits per heavy atom. The SMILES string of the molecule is Cc1ccc(NC(=O)C(=O)N2CCC(C(N)=O)CC2)cc1Cl. The van der Waals surface area contributed by atoms with Gasteiger partial charge in [-0.2, -0.15) is 0 Å². The molecule has 22 heavy (non-hydrogen) atoms. The summed E-state index contributed by atoms with van der Waals surface area (Å²) in [5.74, 6) is -1.90. The highest BCUT2D eigenvalue weighted by atomic mass is 35.5. The Morgan fingerprint density at radius 2 is 1.91 bits per heavy atom. The maximum atomic E-state index is 12.1. The summed E-state index contributed by atoms with van der Waals surface area (Å²) in [4.78, 5) is 36.6. The van der Waals surface area contributed by atoms with Crippen molar-refractivity contribution in [2.24, 2.45) is 11.7 Å². The summed E-state index contributed by atoms with van der Waals surface area (Å²) in [6.07, 6.45) is 0.982. The van der Waals surface area contributed by atoms with Crippen molar-refractivity contribution in [3.05, 3.63) is 28.8 Å². The lowest BCUT2D eigenvalue weighted by molar-refractivity contribution is -0.144. The maximum absolute atomic E-state index is 12.1. The first-order chi connectivity index (χ1) is 10.4. The number of carbonyl (C=O) groups excluding carboxylic acids is 3. The third kappa shape index (κ3) is 3.76. The number of halogens is 1. The molecular weight excluding hydrogens is 306 g/mol. The van der Waals surface area contributed by atoms with E-state index in [0.29, 0.717) is 36.6 Å². The largest absolute Gasteiger partial charge is 0.369 e. The van der Waals surface area contributed by atoms with Crippen LogP contribution in [0.1, 0.15) is 18.4 Å². The van der Waals surface area contributed by atoms with Crippen molar-refractivity contribution in [2.45, 2.75) is 19.8 Å². The topological polar surface area (TPSA) is 92.5 Å². The van der Waals surface area contributed by atoms with Crippen LogP contribution in [0.5, 0.6) is 0 Å². The van der Waals surface area contributed by atoms with Gasteiger partial charge in [-0.15, -0.1) is 0 Å². The van der Waals surface area contributed by atoms with Gasteiger partial charge in [0.15, 0.2) is 0 Å². The van der Waals surface area contributed by atoms with Gasteiger partial charge in [-0.3, -0.25) is 14.4 Å². The summed E-state index contributed by atoms with van der Waals surface area (Å²) in [5, 5.41) is 3.06. The number of benzene rings is 1. The quantitative estimate of drug-likeness (QED) is 0.804.